The molecule has 2 aliphatic rings. The molecular formula is C26H33N5O6S. The second kappa shape index (κ2) is 12.4. The van der Waals surface area contributed by atoms with Crippen LogP contribution >= 0.6 is 0 Å². The number of carbonyl (C=O) groups excluding carboxylic acids is 2. The number of carboxylic acid groups (broad SMARTS) is 1. The molecule has 0 radical (unpaired) electrons. The monoisotopic (exact) mass is 543 g/mol. The summed E-state index contributed by atoms with van der Waals surface area (Å²) in [6.45, 7) is 0.612. The van der Waals surface area contributed by atoms with Crippen LogP contribution in [0.5, 0.6) is 0 Å². The van der Waals surface area contributed by atoms with Crippen LogP contribution in [-0.2, 0) is 37.2 Å². The van der Waals surface area contributed by atoms with Crippen LogP contribution in [0.15, 0.2) is 47.4 Å². The highest BCUT2D eigenvalue weighted by Crippen LogP contribution is 2.25. The Morgan fingerprint density at radius 2 is 1.87 bits per heavy atom. The van der Waals surface area contributed by atoms with Crippen LogP contribution in [0.2, 0.25) is 0 Å². The number of carbonyl (C=O) groups is 3. The van der Waals surface area contributed by atoms with Gasteiger partial charge >= 0.3 is 5.97 Å². The highest BCUT2D eigenvalue weighted by molar-refractivity contribution is 7.89. The summed E-state index contributed by atoms with van der Waals surface area (Å²) in [5.74, 6) is -1.84. The number of hydrogen-bond acceptors (Lipinski definition) is 7. The molecule has 2 amide bonds. The Hall–Kier alpha value is -3.51. The summed E-state index contributed by atoms with van der Waals surface area (Å²) < 4.78 is 26.3. The average molecular weight is 544 g/mol. The quantitative estimate of drug-likeness (QED) is 0.290. The van der Waals surface area contributed by atoms with Gasteiger partial charge in [0.05, 0.1) is 10.8 Å². The Balaban J connectivity index is 1.15. The SMILES string of the molecule is O=C(CCCCc1ccc2c(n1)NCCC2)NC[C@H](NC(=O)C1CN(S(=O)(=O)c2ccccc2)C1)C(=O)O. The molecule has 12 heteroatoms. The summed E-state index contributed by atoms with van der Waals surface area (Å²) in [6, 6.07) is 10.7. The number of pyridine rings is 1. The molecule has 0 unspecified atom stereocenters. The van der Waals surface area contributed by atoms with Crippen LogP contribution < -0.4 is 16.0 Å². The van der Waals surface area contributed by atoms with Gasteiger partial charge in [-0.3, -0.25) is 9.59 Å². The minimum atomic E-state index is -3.70. The van der Waals surface area contributed by atoms with E-state index in [1.807, 2.05) is 6.07 Å². The first kappa shape index (κ1) is 27.5. The zero-order chi connectivity index (χ0) is 27.1. The van der Waals surface area contributed by atoms with Crippen LogP contribution in [0.4, 0.5) is 5.82 Å². The predicted molar refractivity (Wildman–Crippen MR) is 140 cm³/mol. The molecule has 1 fully saturated rings. The summed E-state index contributed by atoms with van der Waals surface area (Å²) in [6.07, 6.45) is 4.50. The van der Waals surface area contributed by atoms with Crippen LogP contribution in [0.3, 0.4) is 0 Å². The van der Waals surface area contributed by atoms with E-state index in [1.165, 1.54) is 22.0 Å². The summed E-state index contributed by atoms with van der Waals surface area (Å²) in [7, 11) is -3.70. The van der Waals surface area contributed by atoms with Crippen molar-refractivity contribution in [2.45, 2.75) is 49.5 Å². The largest absolute Gasteiger partial charge is 0.480 e. The predicted octanol–water partition coefficient (Wildman–Crippen LogP) is 1.16. The topological polar surface area (TPSA) is 158 Å². The smallest absolute Gasteiger partial charge is 0.328 e. The van der Waals surface area contributed by atoms with Crippen molar-refractivity contribution in [2.75, 3.05) is 31.5 Å². The minimum absolute atomic E-state index is 0.0309. The lowest BCUT2D eigenvalue weighted by Gasteiger charge is -2.37. The van der Waals surface area contributed by atoms with Crippen LogP contribution in [0.1, 0.15) is 36.9 Å². The Bertz CT molecular complexity index is 1260. The number of benzene rings is 1. The second-order valence-corrected chi connectivity index (χ2v) is 11.5. The Labute approximate surface area is 222 Å². The maximum absolute atomic E-state index is 12.6. The lowest BCUT2D eigenvalue weighted by molar-refractivity contribution is -0.143. The zero-order valence-corrected chi connectivity index (χ0v) is 21.9. The Morgan fingerprint density at radius 1 is 1.11 bits per heavy atom. The average Bonchev–Trinajstić information content (AvgIpc) is 2.88. The molecule has 1 aromatic heterocycles. The number of aliphatic carboxylic acids is 1. The molecular weight excluding hydrogens is 510 g/mol. The molecule has 0 aliphatic carbocycles. The van der Waals surface area contributed by atoms with Gasteiger partial charge in [-0.1, -0.05) is 24.3 Å². The number of anilines is 1. The van der Waals surface area contributed by atoms with E-state index < -0.39 is 33.9 Å². The molecule has 0 spiro atoms. The third kappa shape index (κ3) is 6.87. The Kier molecular flexibility index (Phi) is 8.95. The van der Waals surface area contributed by atoms with Gasteiger partial charge in [0.15, 0.2) is 0 Å². The van der Waals surface area contributed by atoms with E-state index in [0.29, 0.717) is 6.42 Å². The molecule has 4 N–H and O–H groups in total. The third-order valence-electron chi connectivity index (χ3n) is 6.76. The number of rotatable bonds is 12. The van der Waals surface area contributed by atoms with Crippen molar-refractivity contribution in [2.24, 2.45) is 5.92 Å². The first-order valence-corrected chi connectivity index (χ1v) is 14.3. The molecule has 1 atom stereocenters. The zero-order valence-electron chi connectivity index (χ0n) is 21.1. The van der Waals surface area contributed by atoms with Gasteiger partial charge in [0.25, 0.3) is 0 Å². The summed E-state index contributed by atoms with van der Waals surface area (Å²) in [5.41, 5.74) is 2.20. The van der Waals surface area contributed by atoms with E-state index in [9.17, 15) is 27.9 Å². The van der Waals surface area contributed by atoms with E-state index in [-0.39, 0.29) is 36.9 Å². The molecule has 0 bridgehead atoms. The van der Waals surface area contributed by atoms with Crippen molar-refractivity contribution in [1.29, 1.82) is 0 Å². The first-order valence-electron chi connectivity index (χ1n) is 12.8. The normalized spacial score (nSPS) is 16.4. The summed E-state index contributed by atoms with van der Waals surface area (Å²) in [4.78, 5) is 41.1. The molecule has 11 nitrogen and oxygen atoms in total. The maximum Gasteiger partial charge on any atom is 0.328 e. The van der Waals surface area contributed by atoms with Gasteiger partial charge in [-0.05, 0) is 55.9 Å². The number of aryl methyl sites for hydroxylation is 2. The summed E-state index contributed by atoms with van der Waals surface area (Å²) >= 11 is 0. The fourth-order valence-corrected chi connectivity index (χ4v) is 5.99. The van der Waals surface area contributed by atoms with Crippen molar-refractivity contribution in [1.82, 2.24) is 19.9 Å². The fourth-order valence-electron chi connectivity index (χ4n) is 4.44. The molecule has 2 aromatic rings. The first-order chi connectivity index (χ1) is 18.2. The molecule has 3 heterocycles. The summed E-state index contributed by atoms with van der Waals surface area (Å²) in [5, 5.41) is 17.8. The van der Waals surface area contributed by atoms with Crippen LogP contribution in [-0.4, -0.2) is 72.8 Å². The number of hydrogen-bond donors (Lipinski definition) is 4. The van der Waals surface area contributed by atoms with Gasteiger partial charge in [-0.2, -0.15) is 4.31 Å². The van der Waals surface area contributed by atoms with E-state index in [1.54, 1.807) is 18.2 Å². The lowest BCUT2D eigenvalue weighted by Crippen LogP contribution is -2.58. The molecule has 1 aromatic carbocycles. The van der Waals surface area contributed by atoms with Gasteiger partial charge in [-0.15, -0.1) is 0 Å². The maximum atomic E-state index is 12.6. The minimum Gasteiger partial charge on any atom is -0.480 e. The Morgan fingerprint density at radius 3 is 2.61 bits per heavy atom. The van der Waals surface area contributed by atoms with Crippen molar-refractivity contribution < 1.29 is 27.9 Å². The number of nitrogens with one attached hydrogen (secondary N) is 3. The second-order valence-electron chi connectivity index (χ2n) is 9.58. The number of carboxylic acids is 1. The fraction of sp³-hybridized carbons (Fsp3) is 0.462. The number of amides is 2. The van der Waals surface area contributed by atoms with E-state index in [0.717, 1.165) is 43.7 Å². The van der Waals surface area contributed by atoms with Crippen molar-refractivity contribution in [3.8, 4) is 0 Å². The number of nitrogens with zero attached hydrogens (tertiary/aromatic N) is 2. The van der Waals surface area contributed by atoms with Gasteiger partial charge < -0.3 is 21.1 Å². The van der Waals surface area contributed by atoms with E-state index in [4.69, 9.17) is 0 Å². The van der Waals surface area contributed by atoms with Crippen LogP contribution in [0.25, 0.3) is 0 Å². The van der Waals surface area contributed by atoms with Gasteiger partial charge in [0, 0.05) is 38.3 Å². The van der Waals surface area contributed by atoms with E-state index >= 15 is 0 Å². The number of sulfonamides is 1. The number of unbranched alkanes of at least 4 members (excludes halogenated alkanes) is 1. The molecule has 0 saturated carbocycles. The molecule has 4 rings (SSSR count). The van der Waals surface area contributed by atoms with Gasteiger partial charge in [-0.25, -0.2) is 18.2 Å². The molecule has 204 valence electrons. The number of aromatic nitrogens is 1. The third-order valence-corrected chi connectivity index (χ3v) is 8.60. The van der Waals surface area contributed by atoms with E-state index in [2.05, 4.69) is 27.0 Å². The van der Waals surface area contributed by atoms with Crippen LogP contribution in [0, 0.1) is 5.92 Å². The highest BCUT2D eigenvalue weighted by Gasteiger charge is 2.41. The van der Waals surface area contributed by atoms with Gasteiger partial charge in [0.2, 0.25) is 21.8 Å². The lowest BCUT2D eigenvalue weighted by atomic mass is 10.0. The van der Waals surface area contributed by atoms with Crippen molar-refractivity contribution >= 4 is 33.6 Å². The van der Waals surface area contributed by atoms with Crippen molar-refractivity contribution in [3.05, 3.63) is 53.7 Å². The molecule has 1 saturated heterocycles. The number of fused-ring (bicyclic) bond motifs is 1. The molecule has 38 heavy (non-hydrogen) atoms. The van der Waals surface area contributed by atoms with Crippen molar-refractivity contribution in [3.63, 3.8) is 0 Å². The van der Waals surface area contributed by atoms with Gasteiger partial charge in [0.1, 0.15) is 11.9 Å². The standard InChI is InChI=1S/C26H33N5O6S/c32-23(11-5-4-8-20-13-12-18-7-6-14-27-24(18)29-20)28-15-22(26(34)35)30-25(33)19-16-31(17-19)38(36,37)21-9-2-1-3-10-21/h1-3,9-10,12-13,19,22H,4-8,11,14-17H2,(H,27,29)(H,28,32)(H,30,33)(H,34,35)/t22-/m0/s1. The molecule has 2 aliphatic heterocycles. The highest BCUT2D eigenvalue weighted by atomic mass is 32.2.